The molecule has 0 N–H and O–H groups in total. The third-order valence-corrected chi connectivity index (χ3v) is 3.98. The Morgan fingerprint density at radius 1 is 1.47 bits per heavy atom. The van der Waals surface area contributed by atoms with E-state index in [4.69, 9.17) is 10.4 Å². The van der Waals surface area contributed by atoms with Crippen molar-refractivity contribution >= 4 is 10.9 Å². The second kappa shape index (κ2) is 4.70. The Morgan fingerprint density at radius 2 is 2.26 bits per heavy atom. The molecule has 19 heavy (non-hydrogen) atoms. The molecule has 1 heterocycles. The van der Waals surface area contributed by atoms with E-state index in [1.807, 2.05) is 4.68 Å². The van der Waals surface area contributed by atoms with Crippen molar-refractivity contribution in [2.75, 3.05) is 0 Å². The SMILES string of the molecule is CCc1ccc2c(c1)c(C1CC1)nn2[C@H](C)CC#N. The van der Waals surface area contributed by atoms with Gasteiger partial charge in [-0.2, -0.15) is 10.4 Å². The maximum atomic E-state index is 8.89. The van der Waals surface area contributed by atoms with Crippen LogP contribution in [0.1, 0.15) is 56.3 Å². The van der Waals surface area contributed by atoms with Crippen molar-refractivity contribution in [3.8, 4) is 6.07 Å². The molecule has 1 aliphatic rings. The first kappa shape index (κ1) is 12.2. The predicted molar refractivity (Wildman–Crippen MR) is 76.0 cm³/mol. The van der Waals surface area contributed by atoms with Gasteiger partial charge in [-0.1, -0.05) is 13.0 Å². The highest BCUT2D eigenvalue weighted by molar-refractivity contribution is 5.83. The fraction of sp³-hybridized carbons (Fsp3) is 0.500. The van der Waals surface area contributed by atoms with Gasteiger partial charge in [-0.05, 0) is 43.9 Å². The lowest BCUT2D eigenvalue weighted by Gasteiger charge is -2.09. The number of hydrogen-bond donors (Lipinski definition) is 0. The fourth-order valence-corrected chi connectivity index (χ4v) is 2.64. The summed E-state index contributed by atoms with van der Waals surface area (Å²) in [5.41, 5.74) is 3.79. The van der Waals surface area contributed by atoms with Gasteiger partial charge in [0.2, 0.25) is 0 Å². The monoisotopic (exact) mass is 253 g/mol. The summed E-state index contributed by atoms with van der Waals surface area (Å²) in [6.45, 7) is 4.25. The minimum Gasteiger partial charge on any atom is -0.261 e. The van der Waals surface area contributed by atoms with Crippen LogP contribution in [0.4, 0.5) is 0 Å². The van der Waals surface area contributed by atoms with Crippen molar-refractivity contribution in [2.24, 2.45) is 0 Å². The van der Waals surface area contributed by atoms with E-state index < -0.39 is 0 Å². The van der Waals surface area contributed by atoms with Crippen LogP contribution < -0.4 is 0 Å². The van der Waals surface area contributed by atoms with Crippen molar-refractivity contribution in [1.29, 1.82) is 5.26 Å². The van der Waals surface area contributed by atoms with Crippen LogP contribution in [-0.2, 0) is 6.42 Å². The molecule has 0 aliphatic heterocycles. The summed E-state index contributed by atoms with van der Waals surface area (Å²) in [6, 6.07) is 9.02. The lowest BCUT2D eigenvalue weighted by atomic mass is 10.1. The number of fused-ring (bicyclic) bond motifs is 1. The number of hydrogen-bond acceptors (Lipinski definition) is 2. The zero-order valence-electron chi connectivity index (χ0n) is 11.6. The second-order valence-corrected chi connectivity index (χ2v) is 5.52. The van der Waals surface area contributed by atoms with Crippen LogP contribution in [0.3, 0.4) is 0 Å². The van der Waals surface area contributed by atoms with Crippen molar-refractivity contribution in [3.63, 3.8) is 0 Å². The molecular weight excluding hydrogens is 234 g/mol. The van der Waals surface area contributed by atoms with Crippen LogP contribution in [0, 0.1) is 11.3 Å². The minimum absolute atomic E-state index is 0.146. The van der Waals surface area contributed by atoms with Gasteiger partial charge in [-0.15, -0.1) is 0 Å². The summed E-state index contributed by atoms with van der Waals surface area (Å²) in [5, 5.41) is 15.0. The molecule has 3 heteroatoms. The Bertz CT molecular complexity index is 644. The van der Waals surface area contributed by atoms with Crippen LogP contribution >= 0.6 is 0 Å². The van der Waals surface area contributed by atoms with Gasteiger partial charge in [0.15, 0.2) is 0 Å². The van der Waals surface area contributed by atoms with Crippen molar-refractivity contribution in [1.82, 2.24) is 9.78 Å². The number of aromatic nitrogens is 2. The van der Waals surface area contributed by atoms with E-state index in [1.54, 1.807) is 0 Å². The lowest BCUT2D eigenvalue weighted by Crippen LogP contribution is -2.06. The Kier molecular flexibility index (Phi) is 3.02. The number of rotatable bonds is 4. The lowest BCUT2D eigenvalue weighted by molar-refractivity contribution is 0.511. The summed E-state index contributed by atoms with van der Waals surface area (Å²) in [5.74, 6) is 0.644. The first-order valence-corrected chi connectivity index (χ1v) is 7.12. The van der Waals surface area contributed by atoms with Crippen LogP contribution in [0.15, 0.2) is 18.2 Å². The van der Waals surface area contributed by atoms with Gasteiger partial charge in [-0.3, -0.25) is 4.68 Å². The van der Waals surface area contributed by atoms with Gasteiger partial charge in [0.1, 0.15) is 0 Å². The molecule has 3 rings (SSSR count). The average Bonchev–Trinajstić information content (AvgIpc) is 3.19. The quantitative estimate of drug-likeness (QED) is 0.827. The van der Waals surface area contributed by atoms with E-state index in [2.05, 4.69) is 38.1 Å². The van der Waals surface area contributed by atoms with Gasteiger partial charge in [0.05, 0.1) is 29.7 Å². The Morgan fingerprint density at radius 3 is 2.89 bits per heavy atom. The van der Waals surface area contributed by atoms with Crippen LogP contribution in [0.5, 0.6) is 0 Å². The van der Waals surface area contributed by atoms with Crippen LogP contribution in [-0.4, -0.2) is 9.78 Å². The summed E-state index contributed by atoms with van der Waals surface area (Å²) in [4.78, 5) is 0. The highest BCUT2D eigenvalue weighted by Gasteiger charge is 2.29. The molecule has 0 spiro atoms. The maximum Gasteiger partial charge on any atom is 0.0734 e. The summed E-state index contributed by atoms with van der Waals surface area (Å²) in [6.07, 6.45) is 4.08. The topological polar surface area (TPSA) is 41.6 Å². The number of nitrogens with zero attached hydrogens (tertiary/aromatic N) is 3. The maximum absolute atomic E-state index is 8.89. The molecule has 98 valence electrons. The minimum atomic E-state index is 0.146. The Balaban J connectivity index is 2.15. The number of benzene rings is 1. The van der Waals surface area contributed by atoms with Crippen molar-refractivity contribution < 1.29 is 0 Å². The van der Waals surface area contributed by atoms with Gasteiger partial charge in [0, 0.05) is 11.3 Å². The molecule has 1 saturated carbocycles. The van der Waals surface area contributed by atoms with Crippen LogP contribution in [0.25, 0.3) is 10.9 Å². The molecule has 1 fully saturated rings. The first-order chi connectivity index (χ1) is 9.24. The summed E-state index contributed by atoms with van der Waals surface area (Å²) < 4.78 is 2.05. The van der Waals surface area contributed by atoms with Gasteiger partial charge >= 0.3 is 0 Å². The molecular formula is C16H19N3. The molecule has 0 unspecified atom stereocenters. The van der Waals surface area contributed by atoms with E-state index in [9.17, 15) is 0 Å². The fourth-order valence-electron chi connectivity index (χ4n) is 2.64. The van der Waals surface area contributed by atoms with E-state index in [-0.39, 0.29) is 6.04 Å². The largest absolute Gasteiger partial charge is 0.261 e. The van der Waals surface area contributed by atoms with E-state index in [0.29, 0.717) is 12.3 Å². The predicted octanol–water partition coefficient (Wildman–Crippen LogP) is 3.95. The molecule has 2 aromatic rings. The highest BCUT2D eigenvalue weighted by atomic mass is 15.3. The summed E-state index contributed by atoms with van der Waals surface area (Å²) >= 11 is 0. The van der Waals surface area contributed by atoms with Gasteiger partial charge < -0.3 is 0 Å². The highest BCUT2D eigenvalue weighted by Crippen LogP contribution is 2.43. The van der Waals surface area contributed by atoms with E-state index in [1.165, 1.54) is 35.0 Å². The molecule has 1 aliphatic carbocycles. The zero-order valence-corrected chi connectivity index (χ0v) is 11.6. The normalized spacial score (nSPS) is 16.5. The molecule has 1 atom stereocenters. The smallest absolute Gasteiger partial charge is 0.0734 e. The second-order valence-electron chi connectivity index (χ2n) is 5.52. The van der Waals surface area contributed by atoms with Crippen molar-refractivity contribution in [3.05, 3.63) is 29.5 Å². The van der Waals surface area contributed by atoms with Crippen LogP contribution in [0.2, 0.25) is 0 Å². The number of nitriles is 1. The third kappa shape index (κ3) is 2.12. The van der Waals surface area contributed by atoms with Gasteiger partial charge in [0.25, 0.3) is 0 Å². The Labute approximate surface area is 113 Å². The molecule has 0 amide bonds. The van der Waals surface area contributed by atoms with Gasteiger partial charge in [-0.25, -0.2) is 0 Å². The molecule has 1 aromatic carbocycles. The molecule has 0 bridgehead atoms. The Hall–Kier alpha value is -1.82. The van der Waals surface area contributed by atoms with E-state index in [0.717, 1.165) is 6.42 Å². The number of aryl methyl sites for hydroxylation is 1. The average molecular weight is 253 g/mol. The summed E-state index contributed by atoms with van der Waals surface area (Å²) in [7, 11) is 0. The third-order valence-electron chi connectivity index (χ3n) is 3.98. The molecule has 1 aromatic heterocycles. The zero-order chi connectivity index (χ0) is 13.4. The van der Waals surface area contributed by atoms with E-state index >= 15 is 0 Å². The van der Waals surface area contributed by atoms with Crippen molar-refractivity contribution in [2.45, 2.75) is 51.5 Å². The molecule has 0 saturated heterocycles. The molecule has 0 radical (unpaired) electrons. The standard InChI is InChI=1S/C16H19N3/c1-3-12-4-7-15-14(10-12)16(13-5-6-13)18-19(15)11(2)8-9-17/h4,7,10-11,13H,3,5-6,8H2,1-2H3/t11-/m1/s1. The first-order valence-electron chi connectivity index (χ1n) is 7.12. The molecule has 3 nitrogen and oxygen atoms in total.